The molecule has 2 heterocycles. The first-order chi connectivity index (χ1) is 13.0. The molecule has 2 aromatic rings. The van der Waals surface area contributed by atoms with Gasteiger partial charge in [0.1, 0.15) is 17.8 Å². The highest BCUT2D eigenvalue weighted by atomic mass is 35.5. The average molecular weight is 394 g/mol. The minimum Gasteiger partial charge on any atom is -0.495 e. The Bertz CT molecular complexity index is 842. The summed E-state index contributed by atoms with van der Waals surface area (Å²) in [6, 6.07) is 3.18. The molecule has 10 heteroatoms. The van der Waals surface area contributed by atoms with Crippen LogP contribution in [0.4, 0.5) is 23.0 Å². The third kappa shape index (κ3) is 3.97. The highest BCUT2D eigenvalue weighted by molar-refractivity contribution is 6.32. The number of nitrogens with one attached hydrogen (secondary N) is 1. The van der Waals surface area contributed by atoms with Gasteiger partial charge >= 0.3 is 5.69 Å². The first-order valence-electron chi connectivity index (χ1n) is 8.48. The normalized spacial score (nSPS) is 14.0. The Morgan fingerprint density at radius 2 is 1.85 bits per heavy atom. The molecule has 1 aliphatic heterocycles. The van der Waals surface area contributed by atoms with Crippen LogP contribution >= 0.6 is 11.6 Å². The fourth-order valence-electron chi connectivity index (χ4n) is 3.05. The van der Waals surface area contributed by atoms with Gasteiger partial charge in [0.2, 0.25) is 11.6 Å². The third-order valence-electron chi connectivity index (χ3n) is 4.37. The van der Waals surface area contributed by atoms with Gasteiger partial charge in [-0.25, -0.2) is 9.97 Å². The molecule has 0 radical (unpaired) electrons. The highest BCUT2D eigenvalue weighted by Gasteiger charge is 2.28. The van der Waals surface area contributed by atoms with E-state index in [-0.39, 0.29) is 11.5 Å². The van der Waals surface area contributed by atoms with Gasteiger partial charge in [-0.15, -0.1) is 0 Å². The molecule has 1 saturated heterocycles. The average Bonchev–Trinajstić information content (AvgIpc) is 2.68. The number of methoxy groups -OCH3 is 2. The summed E-state index contributed by atoms with van der Waals surface area (Å²) in [6.07, 6.45) is 4.39. The molecule has 9 nitrogen and oxygen atoms in total. The van der Waals surface area contributed by atoms with E-state index in [2.05, 4.69) is 15.3 Å². The van der Waals surface area contributed by atoms with Crippen LogP contribution in [0, 0.1) is 10.1 Å². The van der Waals surface area contributed by atoms with Crippen molar-refractivity contribution >= 4 is 34.6 Å². The molecule has 0 aliphatic carbocycles. The number of halogens is 1. The van der Waals surface area contributed by atoms with Crippen molar-refractivity contribution < 1.29 is 14.4 Å². The standard InChI is InChI=1S/C17H20ClN5O4/c1-26-13-9-14(27-2)12(8-11(13)18)21-16-15(23(24)25)17(20-10-19-16)22-6-4-3-5-7-22/h8-10H,3-7H2,1-2H3,(H,19,20,21). The van der Waals surface area contributed by atoms with Crippen molar-refractivity contribution in [3.63, 3.8) is 0 Å². The van der Waals surface area contributed by atoms with Gasteiger partial charge < -0.3 is 19.7 Å². The largest absolute Gasteiger partial charge is 0.495 e. The molecule has 1 fully saturated rings. The summed E-state index contributed by atoms with van der Waals surface area (Å²) >= 11 is 6.18. The number of nitrogens with zero attached hydrogens (tertiary/aromatic N) is 4. The molecule has 1 N–H and O–H groups in total. The number of aromatic nitrogens is 2. The molecule has 0 atom stereocenters. The van der Waals surface area contributed by atoms with E-state index in [0.29, 0.717) is 28.0 Å². The van der Waals surface area contributed by atoms with E-state index < -0.39 is 4.92 Å². The molecule has 0 bridgehead atoms. The number of benzene rings is 1. The van der Waals surface area contributed by atoms with Crippen molar-refractivity contribution in [2.75, 3.05) is 37.5 Å². The first kappa shape index (κ1) is 19.0. The Morgan fingerprint density at radius 3 is 2.48 bits per heavy atom. The lowest BCUT2D eigenvalue weighted by atomic mass is 10.1. The van der Waals surface area contributed by atoms with Crippen LogP contribution in [0.2, 0.25) is 5.02 Å². The summed E-state index contributed by atoms with van der Waals surface area (Å²) in [5.74, 6) is 1.25. The van der Waals surface area contributed by atoms with E-state index in [1.54, 1.807) is 12.1 Å². The number of hydrogen-bond donors (Lipinski definition) is 1. The van der Waals surface area contributed by atoms with Crippen molar-refractivity contribution in [2.45, 2.75) is 19.3 Å². The number of piperidine rings is 1. The van der Waals surface area contributed by atoms with E-state index in [0.717, 1.165) is 32.4 Å². The fraction of sp³-hybridized carbons (Fsp3) is 0.412. The van der Waals surface area contributed by atoms with Gasteiger partial charge in [0, 0.05) is 19.2 Å². The van der Waals surface area contributed by atoms with Gasteiger partial charge in [0.15, 0.2) is 0 Å². The monoisotopic (exact) mass is 393 g/mol. The number of rotatable bonds is 6. The summed E-state index contributed by atoms with van der Waals surface area (Å²) in [6.45, 7) is 1.46. The van der Waals surface area contributed by atoms with Crippen LogP contribution in [0.1, 0.15) is 19.3 Å². The van der Waals surface area contributed by atoms with Gasteiger partial charge in [-0.05, 0) is 25.3 Å². The second-order valence-electron chi connectivity index (χ2n) is 6.01. The van der Waals surface area contributed by atoms with Gasteiger partial charge in [-0.3, -0.25) is 10.1 Å². The smallest absolute Gasteiger partial charge is 0.353 e. The molecule has 0 amide bonds. The highest BCUT2D eigenvalue weighted by Crippen LogP contribution is 2.40. The lowest BCUT2D eigenvalue weighted by Crippen LogP contribution is -2.31. The molecular formula is C17H20ClN5O4. The van der Waals surface area contributed by atoms with E-state index in [4.69, 9.17) is 21.1 Å². The van der Waals surface area contributed by atoms with Crippen molar-refractivity contribution in [3.8, 4) is 11.5 Å². The molecular weight excluding hydrogens is 374 g/mol. The summed E-state index contributed by atoms with van der Waals surface area (Å²) in [5.41, 5.74) is 0.267. The van der Waals surface area contributed by atoms with Gasteiger partial charge in [0.05, 0.1) is 29.9 Å². The molecule has 0 spiro atoms. The minimum absolute atomic E-state index is 0.0788. The number of ether oxygens (including phenoxy) is 2. The topological polar surface area (TPSA) is 103 Å². The Labute approximate surface area is 161 Å². The van der Waals surface area contributed by atoms with E-state index in [1.807, 2.05) is 4.90 Å². The maximum Gasteiger partial charge on any atom is 0.353 e. The predicted molar refractivity (Wildman–Crippen MR) is 103 cm³/mol. The molecule has 3 rings (SSSR count). The lowest BCUT2D eigenvalue weighted by molar-refractivity contribution is -0.383. The Morgan fingerprint density at radius 1 is 1.15 bits per heavy atom. The number of nitro groups is 1. The van der Waals surface area contributed by atoms with Gasteiger partial charge in [-0.2, -0.15) is 0 Å². The SMILES string of the molecule is COc1cc(OC)c(Nc2ncnc(N3CCCCC3)c2[N+](=O)[O-])cc1Cl. The van der Waals surface area contributed by atoms with Crippen LogP contribution in [-0.4, -0.2) is 42.2 Å². The summed E-state index contributed by atoms with van der Waals surface area (Å²) in [5, 5.41) is 15.1. The van der Waals surface area contributed by atoms with Crippen LogP contribution in [0.25, 0.3) is 0 Å². The van der Waals surface area contributed by atoms with Crippen molar-refractivity contribution in [3.05, 3.63) is 33.6 Å². The minimum atomic E-state index is -0.468. The quantitative estimate of drug-likeness (QED) is 0.584. The molecule has 1 aromatic carbocycles. The van der Waals surface area contributed by atoms with Crippen molar-refractivity contribution in [1.29, 1.82) is 0 Å². The molecule has 144 valence electrons. The second kappa shape index (κ2) is 8.26. The summed E-state index contributed by atoms with van der Waals surface area (Å²) in [7, 11) is 2.98. The zero-order chi connectivity index (χ0) is 19.4. The van der Waals surface area contributed by atoms with Crippen molar-refractivity contribution in [1.82, 2.24) is 9.97 Å². The fourth-order valence-corrected chi connectivity index (χ4v) is 3.29. The number of anilines is 3. The summed E-state index contributed by atoms with van der Waals surface area (Å²) < 4.78 is 10.5. The van der Waals surface area contributed by atoms with E-state index in [9.17, 15) is 10.1 Å². The zero-order valence-corrected chi connectivity index (χ0v) is 15.8. The van der Waals surface area contributed by atoms with Gasteiger partial charge in [0.25, 0.3) is 0 Å². The Hall–Kier alpha value is -2.81. The molecule has 1 aromatic heterocycles. The lowest BCUT2D eigenvalue weighted by Gasteiger charge is -2.27. The first-order valence-corrected chi connectivity index (χ1v) is 8.85. The van der Waals surface area contributed by atoms with E-state index in [1.165, 1.54) is 20.5 Å². The molecule has 0 unspecified atom stereocenters. The van der Waals surface area contributed by atoms with Crippen LogP contribution in [0.3, 0.4) is 0 Å². The molecule has 0 saturated carbocycles. The predicted octanol–water partition coefficient (Wildman–Crippen LogP) is 3.79. The van der Waals surface area contributed by atoms with Crippen molar-refractivity contribution in [2.24, 2.45) is 0 Å². The third-order valence-corrected chi connectivity index (χ3v) is 4.66. The van der Waals surface area contributed by atoms with Crippen LogP contribution in [0.15, 0.2) is 18.5 Å². The summed E-state index contributed by atoms with van der Waals surface area (Å²) in [4.78, 5) is 21.5. The number of hydrogen-bond acceptors (Lipinski definition) is 8. The van der Waals surface area contributed by atoms with Crippen LogP contribution in [0.5, 0.6) is 11.5 Å². The second-order valence-corrected chi connectivity index (χ2v) is 6.42. The zero-order valence-electron chi connectivity index (χ0n) is 15.1. The molecule has 1 aliphatic rings. The Kier molecular flexibility index (Phi) is 5.80. The van der Waals surface area contributed by atoms with Crippen LogP contribution < -0.4 is 19.7 Å². The van der Waals surface area contributed by atoms with Gasteiger partial charge in [-0.1, -0.05) is 11.6 Å². The maximum absolute atomic E-state index is 11.8. The van der Waals surface area contributed by atoms with E-state index >= 15 is 0 Å². The Balaban J connectivity index is 2.02. The maximum atomic E-state index is 11.8. The van der Waals surface area contributed by atoms with Crippen LogP contribution in [-0.2, 0) is 0 Å². The molecule has 27 heavy (non-hydrogen) atoms.